The van der Waals surface area contributed by atoms with E-state index in [1.54, 1.807) is 24.3 Å². The summed E-state index contributed by atoms with van der Waals surface area (Å²) in [4.78, 5) is 23.7. The third kappa shape index (κ3) is 4.26. The molecule has 168 valence electrons. The largest absolute Gasteiger partial charge is 0.356 e. The van der Waals surface area contributed by atoms with Crippen LogP contribution >= 0.6 is 11.6 Å². The summed E-state index contributed by atoms with van der Waals surface area (Å²) in [6, 6.07) is 11.5. The molecule has 1 saturated heterocycles. The smallest absolute Gasteiger partial charge is 0.263 e. The van der Waals surface area contributed by atoms with E-state index in [1.165, 1.54) is 18.5 Å². The van der Waals surface area contributed by atoms with Gasteiger partial charge in [0.25, 0.3) is 5.71 Å². The van der Waals surface area contributed by atoms with Crippen LogP contribution in [0.2, 0.25) is 5.02 Å². The second-order valence-electron chi connectivity index (χ2n) is 8.13. The molecule has 0 saturated carbocycles. The minimum atomic E-state index is -0.323. The first-order chi connectivity index (χ1) is 16.0. The predicted molar refractivity (Wildman–Crippen MR) is 125 cm³/mol. The van der Waals surface area contributed by atoms with Crippen LogP contribution in [0, 0.1) is 18.7 Å². The molecular weight excluding hydrogens is 445 g/mol. The fourth-order valence-electron chi connectivity index (χ4n) is 4.13. The van der Waals surface area contributed by atoms with Crippen molar-refractivity contribution in [3.05, 3.63) is 65.2 Å². The zero-order chi connectivity index (χ0) is 22.9. The number of aromatic nitrogens is 3. The molecule has 0 atom stereocenters. The Bertz CT molecular complexity index is 1320. The molecule has 0 bridgehead atoms. The number of rotatable bonds is 4. The van der Waals surface area contributed by atoms with Gasteiger partial charge in [0, 0.05) is 35.3 Å². The van der Waals surface area contributed by atoms with Crippen LogP contribution in [0.15, 0.2) is 53.3 Å². The van der Waals surface area contributed by atoms with Crippen molar-refractivity contribution in [2.75, 3.05) is 23.3 Å². The fraction of sp³-hybridized carbons (Fsp3) is 0.250. The van der Waals surface area contributed by atoms with Crippen molar-refractivity contribution in [2.45, 2.75) is 19.8 Å². The normalized spacial score (nSPS) is 14.6. The Morgan fingerprint density at radius 1 is 1.15 bits per heavy atom. The fourth-order valence-corrected chi connectivity index (χ4v) is 4.31. The molecule has 0 spiro atoms. The van der Waals surface area contributed by atoms with E-state index in [1.807, 2.05) is 13.0 Å². The Hall–Kier alpha value is -3.52. The number of hydrogen-bond acceptors (Lipinski definition) is 6. The third-order valence-corrected chi connectivity index (χ3v) is 6.23. The van der Waals surface area contributed by atoms with Crippen LogP contribution in [0.25, 0.3) is 22.4 Å². The molecule has 2 aromatic heterocycles. The molecule has 5 rings (SSSR count). The molecule has 3 heterocycles. The first-order valence-electron chi connectivity index (χ1n) is 10.7. The van der Waals surface area contributed by atoms with Gasteiger partial charge in [0.1, 0.15) is 29.0 Å². The standard InChI is InChI=1S/C24H21ClFN5O2/c1-14-2-5-17(25)12-19(14)29-23(32)16-8-10-31(11-9-16)22-20-21(15-3-6-18(26)7-4-15)30-33-24(20)28-13-27-22/h2-7,12-13,16H,8-11H2,1H3,(H,29,32). The molecule has 0 unspecified atom stereocenters. The molecule has 4 aromatic rings. The highest BCUT2D eigenvalue weighted by Crippen LogP contribution is 2.35. The van der Waals surface area contributed by atoms with Crippen LogP contribution in [0.1, 0.15) is 18.4 Å². The molecular formula is C24H21ClFN5O2. The maximum Gasteiger partial charge on any atom is 0.263 e. The maximum absolute atomic E-state index is 13.4. The van der Waals surface area contributed by atoms with Crippen LogP contribution < -0.4 is 10.2 Å². The quantitative estimate of drug-likeness (QED) is 0.443. The molecule has 0 radical (unpaired) electrons. The molecule has 0 aliphatic carbocycles. The summed E-state index contributed by atoms with van der Waals surface area (Å²) in [6.45, 7) is 3.23. The van der Waals surface area contributed by atoms with Crippen LogP contribution in [-0.2, 0) is 4.79 Å². The topological polar surface area (TPSA) is 84.2 Å². The number of carbonyl (C=O) groups excluding carboxylic acids is 1. The van der Waals surface area contributed by atoms with E-state index in [9.17, 15) is 9.18 Å². The van der Waals surface area contributed by atoms with Crippen molar-refractivity contribution in [1.82, 2.24) is 15.1 Å². The van der Waals surface area contributed by atoms with Gasteiger partial charge < -0.3 is 14.7 Å². The number of carbonyl (C=O) groups is 1. The Balaban J connectivity index is 1.34. The second-order valence-corrected chi connectivity index (χ2v) is 8.56. The number of nitrogens with zero attached hydrogens (tertiary/aromatic N) is 4. The average molecular weight is 466 g/mol. The van der Waals surface area contributed by atoms with E-state index in [0.29, 0.717) is 53.6 Å². The zero-order valence-electron chi connectivity index (χ0n) is 17.9. The molecule has 9 heteroatoms. The molecule has 1 aliphatic heterocycles. The summed E-state index contributed by atoms with van der Waals surface area (Å²) >= 11 is 6.07. The molecule has 1 fully saturated rings. The van der Waals surface area contributed by atoms with Gasteiger partial charge in [0.15, 0.2) is 0 Å². The van der Waals surface area contributed by atoms with Gasteiger partial charge in [-0.05, 0) is 61.7 Å². The van der Waals surface area contributed by atoms with Crippen molar-refractivity contribution in [3.8, 4) is 11.3 Å². The van der Waals surface area contributed by atoms with E-state index in [4.69, 9.17) is 16.1 Å². The summed E-state index contributed by atoms with van der Waals surface area (Å²) in [5.74, 6) is 0.252. The van der Waals surface area contributed by atoms with Crippen LogP contribution in [0.5, 0.6) is 0 Å². The monoisotopic (exact) mass is 465 g/mol. The Morgan fingerprint density at radius 2 is 1.91 bits per heavy atom. The lowest BCUT2D eigenvalue weighted by molar-refractivity contribution is -0.120. The molecule has 33 heavy (non-hydrogen) atoms. The van der Waals surface area contributed by atoms with Crippen molar-refractivity contribution >= 4 is 40.1 Å². The number of halogens is 2. The van der Waals surface area contributed by atoms with Gasteiger partial charge >= 0.3 is 0 Å². The van der Waals surface area contributed by atoms with Gasteiger partial charge in [0.05, 0.1) is 0 Å². The van der Waals surface area contributed by atoms with Gasteiger partial charge in [-0.1, -0.05) is 22.8 Å². The number of benzene rings is 2. The molecule has 1 amide bonds. The third-order valence-electron chi connectivity index (χ3n) is 5.99. The first kappa shape index (κ1) is 21.3. The summed E-state index contributed by atoms with van der Waals surface area (Å²) in [5, 5.41) is 8.44. The molecule has 2 aromatic carbocycles. The lowest BCUT2D eigenvalue weighted by Crippen LogP contribution is -2.38. The van der Waals surface area contributed by atoms with Gasteiger partial charge in [-0.25, -0.2) is 9.37 Å². The van der Waals surface area contributed by atoms with Crippen LogP contribution in [0.3, 0.4) is 0 Å². The van der Waals surface area contributed by atoms with Gasteiger partial charge in [-0.3, -0.25) is 4.79 Å². The number of fused-ring (bicyclic) bond motifs is 1. The Morgan fingerprint density at radius 3 is 2.67 bits per heavy atom. The molecule has 1 aliphatic rings. The van der Waals surface area contributed by atoms with Crippen molar-refractivity contribution < 1.29 is 13.7 Å². The van der Waals surface area contributed by atoms with Crippen LogP contribution in [-0.4, -0.2) is 34.1 Å². The first-order valence-corrected chi connectivity index (χ1v) is 11.1. The van der Waals surface area contributed by atoms with Crippen molar-refractivity contribution in [2.24, 2.45) is 5.92 Å². The van der Waals surface area contributed by atoms with Gasteiger partial charge in [0.2, 0.25) is 5.91 Å². The Kier molecular flexibility index (Phi) is 5.68. The zero-order valence-corrected chi connectivity index (χ0v) is 18.6. The van der Waals surface area contributed by atoms with E-state index in [-0.39, 0.29) is 17.6 Å². The number of aryl methyl sites for hydroxylation is 1. The van der Waals surface area contributed by atoms with E-state index in [0.717, 1.165) is 16.8 Å². The Labute approximate surface area is 194 Å². The minimum absolute atomic E-state index is 0.00942. The highest BCUT2D eigenvalue weighted by molar-refractivity contribution is 6.31. The highest BCUT2D eigenvalue weighted by atomic mass is 35.5. The van der Waals surface area contributed by atoms with E-state index >= 15 is 0 Å². The SMILES string of the molecule is Cc1ccc(Cl)cc1NC(=O)C1CCN(c2ncnc3onc(-c4ccc(F)cc4)c23)CC1. The summed E-state index contributed by atoms with van der Waals surface area (Å²) in [6.07, 6.45) is 2.79. The minimum Gasteiger partial charge on any atom is -0.356 e. The predicted octanol–water partition coefficient (Wildman–Crippen LogP) is 5.24. The lowest BCUT2D eigenvalue weighted by atomic mass is 9.95. The van der Waals surface area contributed by atoms with Gasteiger partial charge in [-0.15, -0.1) is 0 Å². The number of anilines is 2. The van der Waals surface area contributed by atoms with Gasteiger partial charge in [-0.2, -0.15) is 4.98 Å². The van der Waals surface area contributed by atoms with Crippen molar-refractivity contribution in [3.63, 3.8) is 0 Å². The molecule has 1 N–H and O–H groups in total. The highest BCUT2D eigenvalue weighted by Gasteiger charge is 2.28. The number of amides is 1. The molecule has 7 nitrogen and oxygen atoms in total. The number of nitrogens with one attached hydrogen (secondary N) is 1. The summed E-state index contributed by atoms with van der Waals surface area (Å²) in [7, 11) is 0. The summed E-state index contributed by atoms with van der Waals surface area (Å²) < 4.78 is 18.8. The maximum atomic E-state index is 13.4. The van der Waals surface area contributed by atoms with E-state index in [2.05, 4.69) is 25.3 Å². The summed E-state index contributed by atoms with van der Waals surface area (Å²) in [5.41, 5.74) is 3.36. The average Bonchev–Trinajstić information content (AvgIpc) is 3.26. The second kappa shape index (κ2) is 8.78. The van der Waals surface area contributed by atoms with E-state index < -0.39 is 0 Å². The van der Waals surface area contributed by atoms with Crippen LogP contribution in [0.4, 0.5) is 15.9 Å². The number of hydrogen-bond donors (Lipinski definition) is 1. The lowest BCUT2D eigenvalue weighted by Gasteiger charge is -2.32. The number of piperidine rings is 1. The van der Waals surface area contributed by atoms with Crippen molar-refractivity contribution in [1.29, 1.82) is 0 Å².